The maximum atomic E-state index is 12.4. The predicted octanol–water partition coefficient (Wildman–Crippen LogP) is 2.10. The normalized spacial score (nSPS) is 22.6. The number of amides is 2. The molecule has 1 atom stereocenters. The van der Waals surface area contributed by atoms with E-state index < -0.39 is 5.41 Å². The Hall–Kier alpha value is -1.36. The summed E-state index contributed by atoms with van der Waals surface area (Å²) in [6.45, 7) is 4.73. The summed E-state index contributed by atoms with van der Waals surface area (Å²) >= 11 is 3.41. The van der Waals surface area contributed by atoms with Crippen LogP contribution in [-0.4, -0.2) is 29.8 Å². The lowest BCUT2D eigenvalue weighted by molar-refractivity contribution is -0.126. The molecule has 19 heavy (non-hydrogen) atoms. The quantitative estimate of drug-likeness (QED) is 0.905. The van der Waals surface area contributed by atoms with Crippen molar-refractivity contribution >= 4 is 27.7 Å². The van der Waals surface area contributed by atoms with Crippen LogP contribution in [0.4, 0.5) is 0 Å². The van der Waals surface area contributed by atoms with Gasteiger partial charge in [-0.2, -0.15) is 0 Å². The Morgan fingerprint density at radius 3 is 2.63 bits per heavy atom. The molecule has 2 amide bonds. The number of nitrogens with zero attached hydrogens (tertiary/aromatic N) is 1. The zero-order valence-corrected chi connectivity index (χ0v) is 12.7. The standard InChI is InChI=1S/C14H17BrN2O2/c1-9-7-10(3-4-11(9)15)12(18)17-6-5-14(2,8-17)13(16)19/h3-4,7H,5-6,8H2,1-2H3,(H2,16,19). The largest absolute Gasteiger partial charge is 0.369 e. The summed E-state index contributed by atoms with van der Waals surface area (Å²) < 4.78 is 0.979. The fourth-order valence-electron chi connectivity index (χ4n) is 2.30. The smallest absolute Gasteiger partial charge is 0.253 e. The Labute approximate surface area is 121 Å². The van der Waals surface area contributed by atoms with Crippen LogP contribution in [0, 0.1) is 12.3 Å². The molecule has 1 heterocycles. The van der Waals surface area contributed by atoms with Crippen LogP contribution in [0.25, 0.3) is 0 Å². The van der Waals surface area contributed by atoms with Gasteiger partial charge < -0.3 is 10.6 Å². The minimum absolute atomic E-state index is 0.0411. The van der Waals surface area contributed by atoms with Crippen molar-refractivity contribution in [1.82, 2.24) is 4.90 Å². The van der Waals surface area contributed by atoms with Crippen LogP contribution in [0.15, 0.2) is 22.7 Å². The van der Waals surface area contributed by atoms with Gasteiger partial charge in [0, 0.05) is 23.1 Å². The van der Waals surface area contributed by atoms with Crippen molar-refractivity contribution in [3.8, 4) is 0 Å². The topological polar surface area (TPSA) is 63.4 Å². The van der Waals surface area contributed by atoms with Gasteiger partial charge in [0.05, 0.1) is 5.41 Å². The number of likely N-dealkylation sites (tertiary alicyclic amines) is 1. The van der Waals surface area contributed by atoms with E-state index in [4.69, 9.17) is 5.73 Å². The average Bonchev–Trinajstić information content (AvgIpc) is 2.76. The first kappa shape index (κ1) is 14.1. The van der Waals surface area contributed by atoms with E-state index in [2.05, 4.69) is 15.9 Å². The highest BCUT2D eigenvalue weighted by molar-refractivity contribution is 9.10. The molecule has 1 aliphatic rings. The molecule has 2 N–H and O–H groups in total. The Bertz CT molecular complexity index is 544. The summed E-state index contributed by atoms with van der Waals surface area (Å²) in [7, 11) is 0. The van der Waals surface area contributed by atoms with Crippen molar-refractivity contribution in [3.63, 3.8) is 0 Å². The van der Waals surface area contributed by atoms with Gasteiger partial charge in [0.15, 0.2) is 0 Å². The van der Waals surface area contributed by atoms with E-state index in [0.29, 0.717) is 25.1 Å². The lowest BCUT2D eigenvalue weighted by Gasteiger charge is -2.21. The third-order valence-corrected chi connectivity index (χ3v) is 4.65. The van der Waals surface area contributed by atoms with Crippen LogP contribution < -0.4 is 5.73 Å². The zero-order chi connectivity index (χ0) is 14.2. The number of halogens is 1. The van der Waals surface area contributed by atoms with Crippen LogP contribution in [0.2, 0.25) is 0 Å². The number of aryl methyl sites for hydroxylation is 1. The predicted molar refractivity (Wildman–Crippen MR) is 76.7 cm³/mol. The van der Waals surface area contributed by atoms with Crippen molar-refractivity contribution in [2.45, 2.75) is 20.3 Å². The monoisotopic (exact) mass is 324 g/mol. The zero-order valence-electron chi connectivity index (χ0n) is 11.1. The lowest BCUT2D eigenvalue weighted by atomic mass is 9.89. The average molecular weight is 325 g/mol. The molecule has 1 aromatic rings. The van der Waals surface area contributed by atoms with E-state index in [-0.39, 0.29) is 11.8 Å². The van der Waals surface area contributed by atoms with E-state index >= 15 is 0 Å². The van der Waals surface area contributed by atoms with Gasteiger partial charge in [-0.05, 0) is 44.0 Å². The molecule has 4 nitrogen and oxygen atoms in total. The molecule has 0 bridgehead atoms. The Balaban J connectivity index is 2.18. The van der Waals surface area contributed by atoms with Gasteiger partial charge in [-0.15, -0.1) is 0 Å². The first-order valence-corrected chi connectivity index (χ1v) is 6.98. The molecule has 0 radical (unpaired) electrons. The van der Waals surface area contributed by atoms with Crippen molar-refractivity contribution in [2.24, 2.45) is 11.1 Å². The van der Waals surface area contributed by atoms with E-state index in [1.165, 1.54) is 0 Å². The van der Waals surface area contributed by atoms with E-state index in [1.807, 2.05) is 26.0 Å². The summed E-state index contributed by atoms with van der Waals surface area (Å²) in [5, 5.41) is 0. The van der Waals surface area contributed by atoms with Crippen molar-refractivity contribution in [2.75, 3.05) is 13.1 Å². The molecule has 1 unspecified atom stereocenters. The second-order valence-electron chi connectivity index (χ2n) is 5.37. The number of hydrogen-bond acceptors (Lipinski definition) is 2. The Morgan fingerprint density at radius 1 is 1.42 bits per heavy atom. The fourth-order valence-corrected chi connectivity index (χ4v) is 2.54. The molecule has 0 spiro atoms. The number of carbonyl (C=O) groups is 2. The van der Waals surface area contributed by atoms with Gasteiger partial charge in [-0.3, -0.25) is 9.59 Å². The van der Waals surface area contributed by atoms with Crippen LogP contribution in [0.5, 0.6) is 0 Å². The number of rotatable bonds is 2. The van der Waals surface area contributed by atoms with Crippen LogP contribution in [0.3, 0.4) is 0 Å². The van der Waals surface area contributed by atoms with Gasteiger partial charge in [0.25, 0.3) is 5.91 Å². The second-order valence-corrected chi connectivity index (χ2v) is 6.22. The molecule has 1 aromatic carbocycles. The molecule has 0 aromatic heterocycles. The van der Waals surface area contributed by atoms with E-state index in [1.54, 1.807) is 11.0 Å². The molecular weight excluding hydrogens is 308 g/mol. The number of primary amides is 1. The first-order valence-electron chi connectivity index (χ1n) is 6.19. The molecular formula is C14H17BrN2O2. The van der Waals surface area contributed by atoms with Crippen molar-refractivity contribution < 1.29 is 9.59 Å². The molecule has 1 saturated heterocycles. The number of hydrogen-bond donors (Lipinski definition) is 1. The highest BCUT2D eigenvalue weighted by Crippen LogP contribution is 2.30. The lowest BCUT2D eigenvalue weighted by Crippen LogP contribution is -2.38. The van der Waals surface area contributed by atoms with Gasteiger partial charge in [-0.25, -0.2) is 0 Å². The summed E-state index contributed by atoms with van der Waals surface area (Å²) in [5.74, 6) is -0.379. The van der Waals surface area contributed by atoms with Crippen LogP contribution >= 0.6 is 15.9 Å². The molecule has 1 aliphatic heterocycles. The SMILES string of the molecule is Cc1cc(C(=O)N2CCC(C)(C(N)=O)C2)ccc1Br. The number of benzene rings is 1. The maximum absolute atomic E-state index is 12.4. The third-order valence-electron chi connectivity index (χ3n) is 3.76. The highest BCUT2D eigenvalue weighted by Gasteiger charge is 2.40. The van der Waals surface area contributed by atoms with Gasteiger partial charge >= 0.3 is 0 Å². The fraction of sp³-hybridized carbons (Fsp3) is 0.429. The number of nitrogens with two attached hydrogens (primary N) is 1. The van der Waals surface area contributed by atoms with Crippen molar-refractivity contribution in [1.29, 1.82) is 0 Å². The summed E-state index contributed by atoms with van der Waals surface area (Å²) in [5.41, 5.74) is 6.46. The minimum atomic E-state index is -0.597. The first-order chi connectivity index (χ1) is 8.83. The Morgan fingerprint density at radius 2 is 2.11 bits per heavy atom. The summed E-state index contributed by atoms with van der Waals surface area (Å²) in [4.78, 5) is 25.5. The summed E-state index contributed by atoms with van der Waals surface area (Å²) in [6.07, 6.45) is 0.629. The Kier molecular flexibility index (Phi) is 3.67. The molecule has 2 rings (SSSR count). The van der Waals surface area contributed by atoms with Gasteiger partial charge in [-0.1, -0.05) is 15.9 Å². The van der Waals surface area contributed by atoms with Gasteiger partial charge in [0.2, 0.25) is 5.91 Å². The molecule has 1 fully saturated rings. The molecule has 102 valence electrons. The molecule has 5 heteroatoms. The van der Waals surface area contributed by atoms with Crippen molar-refractivity contribution in [3.05, 3.63) is 33.8 Å². The van der Waals surface area contributed by atoms with Gasteiger partial charge in [0.1, 0.15) is 0 Å². The second kappa shape index (κ2) is 4.96. The highest BCUT2D eigenvalue weighted by atomic mass is 79.9. The molecule has 0 saturated carbocycles. The maximum Gasteiger partial charge on any atom is 0.253 e. The van der Waals surface area contributed by atoms with E-state index in [9.17, 15) is 9.59 Å². The van der Waals surface area contributed by atoms with Crippen LogP contribution in [-0.2, 0) is 4.79 Å². The summed E-state index contributed by atoms with van der Waals surface area (Å²) in [6, 6.07) is 5.51. The molecule has 0 aliphatic carbocycles. The van der Waals surface area contributed by atoms with Crippen LogP contribution in [0.1, 0.15) is 29.3 Å². The number of carbonyl (C=O) groups excluding carboxylic acids is 2. The third kappa shape index (κ3) is 2.66. The minimum Gasteiger partial charge on any atom is -0.369 e. The van der Waals surface area contributed by atoms with E-state index in [0.717, 1.165) is 10.0 Å².